The molecular weight excluding hydrogens is 340 g/mol. The molecule has 27 heavy (non-hydrogen) atoms. The minimum Gasteiger partial charge on any atom is -0.437 e. The van der Waals surface area contributed by atoms with Crippen LogP contribution < -0.4 is 0 Å². The quantitative estimate of drug-likeness (QED) is 0.511. The Balaban J connectivity index is 1.41. The van der Waals surface area contributed by atoms with E-state index in [4.69, 9.17) is 4.42 Å². The maximum atomic E-state index is 12.4. The van der Waals surface area contributed by atoms with Crippen molar-refractivity contribution in [2.24, 2.45) is 0 Å². The Kier molecular flexibility index (Phi) is 4.53. The van der Waals surface area contributed by atoms with Crippen LogP contribution in [-0.4, -0.2) is 32.6 Å². The van der Waals surface area contributed by atoms with Gasteiger partial charge in [0.2, 0.25) is 11.8 Å². The molecule has 2 aromatic carbocycles. The first-order valence-corrected chi connectivity index (χ1v) is 8.57. The first kappa shape index (κ1) is 16.8. The predicted molar refractivity (Wildman–Crippen MR) is 103 cm³/mol. The largest absolute Gasteiger partial charge is 0.437 e. The Bertz CT molecular complexity index is 1060. The van der Waals surface area contributed by atoms with Crippen LogP contribution in [0.25, 0.3) is 22.9 Å². The summed E-state index contributed by atoms with van der Waals surface area (Å²) in [6.07, 6.45) is 6.74. The number of amides is 1. The van der Waals surface area contributed by atoms with E-state index in [2.05, 4.69) is 10.1 Å². The molecular formula is C21H18N4O2. The van der Waals surface area contributed by atoms with E-state index in [1.165, 1.54) is 6.08 Å². The molecule has 0 unspecified atom stereocenters. The Labute approximate surface area is 156 Å². The minimum absolute atomic E-state index is 0.135. The van der Waals surface area contributed by atoms with E-state index < -0.39 is 0 Å². The lowest BCUT2D eigenvalue weighted by Crippen LogP contribution is -2.23. The second-order valence-corrected chi connectivity index (χ2v) is 6.18. The maximum absolute atomic E-state index is 12.4. The van der Waals surface area contributed by atoms with Crippen LogP contribution in [0.2, 0.25) is 0 Å². The van der Waals surface area contributed by atoms with Crippen LogP contribution in [0.5, 0.6) is 0 Å². The molecule has 0 bridgehead atoms. The lowest BCUT2D eigenvalue weighted by molar-refractivity contribution is -0.125. The molecule has 0 N–H and O–H groups in total. The van der Waals surface area contributed by atoms with Gasteiger partial charge in [-0.1, -0.05) is 30.3 Å². The lowest BCUT2D eigenvalue weighted by Gasteiger charge is -2.13. The van der Waals surface area contributed by atoms with Crippen molar-refractivity contribution >= 4 is 23.1 Å². The maximum Gasteiger partial charge on any atom is 0.246 e. The molecule has 0 atom stereocenters. The Morgan fingerprint density at radius 2 is 1.93 bits per heavy atom. The van der Waals surface area contributed by atoms with Crippen LogP contribution >= 0.6 is 0 Å². The fourth-order valence-electron chi connectivity index (χ4n) is 2.75. The number of nitrogens with zero attached hydrogens (tertiary/aromatic N) is 4. The van der Waals surface area contributed by atoms with Gasteiger partial charge in [-0.25, -0.2) is 9.67 Å². The van der Waals surface area contributed by atoms with E-state index in [9.17, 15) is 4.79 Å². The predicted octanol–water partition coefficient (Wildman–Crippen LogP) is 3.69. The number of benzene rings is 2. The van der Waals surface area contributed by atoms with Crippen molar-refractivity contribution in [1.29, 1.82) is 0 Å². The van der Waals surface area contributed by atoms with Gasteiger partial charge in [0.15, 0.2) is 5.58 Å². The number of fused-ring (bicyclic) bond motifs is 1. The average Bonchev–Trinajstić information content (AvgIpc) is 3.33. The second kappa shape index (κ2) is 7.29. The van der Waals surface area contributed by atoms with Crippen LogP contribution in [0.15, 0.2) is 77.5 Å². The van der Waals surface area contributed by atoms with Gasteiger partial charge in [0, 0.05) is 37.5 Å². The third-order valence-corrected chi connectivity index (χ3v) is 4.13. The molecule has 0 aliphatic heterocycles. The van der Waals surface area contributed by atoms with E-state index in [1.54, 1.807) is 28.9 Å². The molecule has 0 spiro atoms. The van der Waals surface area contributed by atoms with Crippen molar-refractivity contribution in [2.75, 3.05) is 7.05 Å². The van der Waals surface area contributed by atoms with E-state index in [0.29, 0.717) is 18.0 Å². The smallest absolute Gasteiger partial charge is 0.246 e. The van der Waals surface area contributed by atoms with E-state index in [1.807, 2.05) is 60.8 Å². The Morgan fingerprint density at radius 1 is 1.15 bits per heavy atom. The molecule has 0 aliphatic carbocycles. The molecule has 4 aromatic rings. The van der Waals surface area contributed by atoms with E-state index in [-0.39, 0.29) is 5.91 Å². The number of para-hydroxylation sites is 3. The van der Waals surface area contributed by atoms with Gasteiger partial charge in [0.1, 0.15) is 5.52 Å². The molecule has 0 radical (unpaired) electrons. The fourth-order valence-corrected chi connectivity index (χ4v) is 2.75. The van der Waals surface area contributed by atoms with Crippen molar-refractivity contribution in [1.82, 2.24) is 19.7 Å². The third-order valence-electron chi connectivity index (χ3n) is 4.13. The highest BCUT2D eigenvalue weighted by Gasteiger charge is 2.09. The van der Waals surface area contributed by atoms with Crippen molar-refractivity contribution < 1.29 is 9.21 Å². The number of hydrogen-bond donors (Lipinski definition) is 0. The summed E-state index contributed by atoms with van der Waals surface area (Å²) in [5, 5.41) is 4.35. The second-order valence-electron chi connectivity index (χ2n) is 6.18. The van der Waals surface area contributed by atoms with Crippen molar-refractivity contribution in [2.45, 2.75) is 6.54 Å². The third kappa shape index (κ3) is 3.79. The minimum atomic E-state index is -0.135. The van der Waals surface area contributed by atoms with Crippen molar-refractivity contribution in [3.8, 4) is 5.69 Å². The summed E-state index contributed by atoms with van der Waals surface area (Å²) in [5.41, 5.74) is 3.40. The summed E-state index contributed by atoms with van der Waals surface area (Å²) < 4.78 is 7.38. The summed E-state index contributed by atoms with van der Waals surface area (Å²) in [4.78, 5) is 18.3. The molecule has 134 valence electrons. The fraction of sp³-hybridized carbons (Fsp3) is 0.0952. The van der Waals surface area contributed by atoms with Crippen LogP contribution in [0.1, 0.15) is 11.5 Å². The highest BCUT2D eigenvalue weighted by molar-refractivity contribution is 5.91. The molecule has 6 heteroatoms. The summed E-state index contributed by atoms with van der Waals surface area (Å²) in [6.45, 7) is 0.462. The summed E-state index contributed by atoms with van der Waals surface area (Å²) in [7, 11) is 1.75. The van der Waals surface area contributed by atoms with Gasteiger partial charge in [-0.05, 0) is 24.3 Å². The van der Waals surface area contributed by atoms with Gasteiger partial charge in [0.05, 0.1) is 11.9 Å². The average molecular weight is 358 g/mol. The van der Waals surface area contributed by atoms with Crippen LogP contribution in [0, 0.1) is 0 Å². The number of aromatic nitrogens is 3. The molecule has 1 amide bonds. The number of hydrogen-bond acceptors (Lipinski definition) is 4. The number of carbonyl (C=O) groups excluding carboxylic acids is 1. The monoisotopic (exact) mass is 358 g/mol. The van der Waals surface area contributed by atoms with Gasteiger partial charge >= 0.3 is 0 Å². The number of likely N-dealkylation sites (N-methyl/N-ethyl adjacent to an activating group) is 1. The standard InChI is InChI=1S/C21H18N4O2/c1-24(14-16-13-22-25(15-16)17-7-3-2-4-8-17)21(26)12-11-20-23-18-9-5-6-10-19(18)27-20/h2-13,15H,14H2,1H3/b12-11+. The lowest BCUT2D eigenvalue weighted by atomic mass is 10.3. The number of rotatable bonds is 5. The van der Waals surface area contributed by atoms with E-state index >= 15 is 0 Å². The number of carbonyl (C=O) groups is 1. The molecule has 2 heterocycles. The summed E-state index contributed by atoms with van der Waals surface area (Å²) in [6, 6.07) is 17.3. The van der Waals surface area contributed by atoms with Crippen molar-refractivity contribution in [3.05, 3.63) is 84.5 Å². The Hall–Kier alpha value is -3.67. The van der Waals surface area contributed by atoms with Gasteiger partial charge in [-0.3, -0.25) is 4.79 Å². The van der Waals surface area contributed by atoms with E-state index in [0.717, 1.165) is 16.8 Å². The molecule has 0 fully saturated rings. The first-order chi connectivity index (χ1) is 13.2. The molecule has 0 aliphatic rings. The van der Waals surface area contributed by atoms with Crippen molar-refractivity contribution in [3.63, 3.8) is 0 Å². The van der Waals surface area contributed by atoms with Gasteiger partial charge in [-0.15, -0.1) is 0 Å². The van der Waals surface area contributed by atoms with Crippen LogP contribution in [0.3, 0.4) is 0 Å². The molecule has 6 nitrogen and oxygen atoms in total. The SMILES string of the molecule is CN(Cc1cnn(-c2ccccc2)c1)C(=O)/C=C/c1nc2ccccc2o1. The first-order valence-electron chi connectivity index (χ1n) is 8.57. The molecule has 2 aromatic heterocycles. The van der Waals surface area contributed by atoms with Crippen LogP contribution in [-0.2, 0) is 11.3 Å². The molecule has 0 saturated carbocycles. The molecule has 0 saturated heterocycles. The van der Waals surface area contributed by atoms with Gasteiger partial charge in [0.25, 0.3) is 0 Å². The summed E-state index contributed by atoms with van der Waals surface area (Å²) >= 11 is 0. The van der Waals surface area contributed by atoms with Crippen LogP contribution in [0.4, 0.5) is 0 Å². The highest BCUT2D eigenvalue weighted by Crippen LogP contribution is 2.15. The normalized spacial score (nSPS) is 11.3. The Morgan fingerprint density at radius 3 is 2.74 bits per heavy atom. The molecule has 4 rings (SSSR count). The zero-order valence-electron chi connectivity index (χ0n) is 14.8. The number of oxazole rings is 1. The van der Waals surface area contributed by atoms with Gasteiger partial charge in [-0.2, -0.15) is 5.10 Å². The summed E-state index contributed by atoms with van der Waals surface area (Å²) in [5.74, 6) is 0.277. The zero-order chi connectivity index (χ0) is 18.6. The zero-order valence-corrected chi connectivity index (χ0v) is 14.8. The topological polar surface area (TPSA) is 64.2 Å². The van der Waals surface area contributed by atoms with Gasteiger partial charge < -0.3 is 9.32 Å². The highest BCUT2D eigenvalue weighted by atomic mass is 16.3.